The van der Waals surface area contributed by atoms with Gasteiger partial charge in [-0.25, -0.2) is 0 Å². The highest BCUT2D eigenvalue weighted by Gasteiger charge is 2.07. The number of hydrogen-bond donors (Lipinski definition) is 0. The lowest BCUT2D eigenvalue weighted by atomic mass is 9.98. The number of rotatable bonds is 2. The van der Waals surface area contributed by atoms with Gasteiger partial charge in [-0.1, -0.05) is 6.07 Å². The summed E-state index contributed by atoms with van der Waals surface area (Å²) in [5.74, 6) is 0. The Morgan fingerprint density at radius 2 is 1.00 bits per heavy atom. The second-order valence-corrected chi connectivity index (χ2v) is 6.01. The molecule has 2 nitrogen and oxygen atoms in total. The summed E-state index contributed by atoms with van der Waals surface area (Å²) in [7, 11) is 0. The molecule has 110 valence electrons. The average Bonchev–Trinajstić information content (AvgIpc) is 2.44. The number of hydrogen-bond acceptors (Lipinski definition) is 2. The highest BCUT2D eigenvalue weighted by molar-refractivity contribution is 5.56. The van der Waals surface area contributed by atoms with Crippen molar-refractivity contribution in [2.24, 2.45) is 10.2 Å². The summed E-state index contributed by atoms with van der Waals surface area (Å²) < 4.78 is 0. The van der Waals surface area contributed by atoms with E-state index in [9.17, 15) is 0 Å². The van der Waals surface area contributed by atoms with Gasteiger partial charge < -0.3 is 0 Å². The van der Waals surface area contributed by atoms with E-state index in [0.29, 0.717) is 0 Å². The molecular formula is C19H24N2. The molecule has 0 radical (unpaired) electrons. The molecule has 0 bridgehead atoms. The molecule has 0 N–H and O–H groups in total. The monoisotopic (exact) mass is 280 g/mol. The predicted octanol–water partition coefficient (Wildman–Crippen LogP) is 6.26. The minimum atomic E-state index is 0.952. The molecule has 0 aliphatic heterocycles. The van der Waals surface area contributed by atoms with Crippen LogP contribution in [-0.2, 0) is 0 Å². The van der Waals surface area contributed by atoms with Crippen molar-refractivity contribution in [3.8, 4) is 0 Å². The number of azo groups is 1. The third-order valence-electron chi connectivity index (χ3n) is 4.53. The number of nitrogens with zero attached hydrogens (tertiary/aromatic N) is 2. The minimum Gasteiger partial charge on any atom is -0.150 e. The largest absolute Gasteiger partial charge is 0.150 e. The Morgan fingerprint density at radius 3 is 1.67 bits per heavy atom. The van der Waals surface area contributed by atoms with E-state index in [-0.39, 0.29) is 0 Å². The third kappa shape index (κ3) is 3.05. The second-order valence-electron chi connectivity index (χ2n) is 6.01. The van der Waals surface area contributed by atoms with E-state index in [0.717, 1.165) is 11.4 Å². The van der Waals surface area contributed by atoms with Gasteiger partial charge in [-0.15, -0.1) is 0 Å². The van der Waals surface area contributed by atoms with Crippen LogP contribution in [0.1, 0.15) is 38.9 Å². The van der Waals surface area contributed by atoms with Crippen molar-refractivity contribution in [2.75, 3.05) is 0 Å². The van der Waals surface area contributed by atoms with Gasteiger partial charge in [0.2, 0.25) is 0 Å². The van der Waals surface area contributed by atoms with Crippen molar-refractivity contribution in [3.05, 3.63) is 57.1 Å². The Kier molecular flexibility index (Phi) is 4.26. The maximum absolute atomic E-state index is 4.50. The highest BCUT2D eigenvalue weighted by atomic mass is 15.1. The molecule has 2 rings (SSSR count). The SMILES string of the molecule is Cc1cc(C)c(N=Nc2cc(C)c(C)c(C)c2C)cc1C. The molecule has 0 fully saturated rings. The summed E-state index contributed by atoms with van der Waals surface area (Å²) in [6.07, 6.45) is 0. The second kappa shape index (κ2) is 5.80. The van der Waals surface area contributed by atoms with Gasteiger partial charge in [0.25, 0.3) is 0 Å². The first-order chi connectivity index (χ1) is 9.81. The van der Waals surface area contributed by atoms with Gasteiger partial charge in [0.1, 0.15) is 0 Å². The van der Waals surface area contributed by atoms with Crippen molar-refractivity contribution < 1.29 is 0 Å². The molecule has 2 aromatic rings. The Morgan fingerprint density at radius 1 is 0.476 bits per heavy atom. The predicted molar refractivity (Wildman–Crippen MR) is 90.2 cm³/mol. The van der Waals surface area contributed by atoms with Crippen molar-refractivity contribution in [3.63, 3.8) is 0 Å². The Hall–Kier alpha value is -1.96. The van der Waals surface area contributed by atoms with Crippen LogP contribution in [0.4, 0.5) is 11.4 Å². The first kappa shape index (κ1) is 15.4. The van der Waals surface area contributed by atoms with Gasteiger partial charge in [-0.2, -0.15) is 10.2 Å². The van der Waals surface area contributed by atoms with Crippen LogP contribution in [0.3, 0.4) is 0 Å². The topological polar surface area (TPSA) is 24.7 Å². The van der Waals surface area contributed by atoms with Crippen molar-refractivity contribution in [2.45, 2.75) is 48.5 Å². The Balaban J connectivity index is 2.45. The molecule has 0 saturated carbocycles. The summed E-state index contributed by atoms with van der Waals surface area (Å²) in [6.45, 7) is 14.9. The van der Waals surface area contributed by atoms with Gasteiger partial charge in [0.05, 0.1) is 11.4 Å². The Labute approximate surface area is 127 Å². The fraction of sp³-hybridized carbons (Fsp3) is 0.368. The lowest BCUT2D eigenvalue weighted by molar-refractivity contribution is 1.14. The lowest BCUT2D eigenvalue weighted by Gasteiger charge is -2.11. The van der Waals surface area contributed by atoms with Gasteiger partial charge >= 0.3 is 0 Å². The van der Waals surface area contributed by atoms with E-state index >= 15 is 0 Å². The summed E-state index contributed by atoms with van der Waals surface area (Å²) in [5.41, 5.74) is 10.8. The standard InChI is InChI=1S/C19H24N2/c1-11-8-14(4)18(9-12(11)2)20-21-19-10-13(3)15(5)16(6)17(19)7/h8-10H,1-7H3. The number of aryl methyl sites for hydroxylation is 4. The van der Waals surface area contributed by atoms with Crippen LogP contribution in [0.5, 0.6) is 0 Å². The molecule has 21 heavy (non-hydrogen) atoms. The first-order valence-electron chi connectivity index (χ1n) is 7.38. The van der Waals surface area contributed by atoms with Crippen LogP contribution in [-0.4, -0.2) is 0 Å². The first-order valence-corrected chi connectivity index (χ1v) is 7.38. The van der Waals surface area contributed by atoms with Crippen LogP contribution in [0.15, 0.2) is 28.4 Å². The number of benzene rings is 2. The van der Waals surface area contributed by atoms with Crippen LogP contribution in [0.25, 0.3) is 0 Å². The molecule has 0 atom stereocenters. The van der Waals surface area contributed by atoms with E-state index in [4.69, 9.17) is 0 Å². The van der Waals surface area contributed by atoms with Crippen molar-refractivity contribution >= 4 is 11.4 Å². The molecule has 0 amide bonds. The van der Waals surface area contributed by atoms with E-state index < -0.39 is 0 Å². The maximum Gasteiger partial charge on any atom is 0.0891 e. The van der Waals surface area contributed by atoms with Crippen LogP contribution in [0.2, 0.25) is 0 Å². The fourth-order valence-corrected chi connectivity index (χ4v) is 2.46. The minimum absolute atomic E-state index is 0.952. The van der Waals surface area contributed by atoms with E-state index in [2.05, 4.69) is 76.9 Å². The summed E-state index contributed by atoms with van der Waals surface area (Å²) >= 11 is 0. The molecule has 2 aromatic carbocycles. The molecular weight excluding hydrogens is 256 g/mol. The molecule has 0 aliphatic rings. The molecule has 0 heterocycles. The molecule has 0 unspecified atom stereocenters. The van der Waals surface area contributed by atoms with E-state index in [1.807, 2.05) is 0 Å². The normalized spacial score (nSPS) is 11.4. The third-order valence-corrected chi connectivity index (χ3v) is 4.53. The maximum atomic E-state index is 4.50. The lowest BCUT2D eigenvalue weighted by Crippen LogP contribution is -1.90. The van der Waals surface area contributed by atoms with Crippen LogP contribution in [0, 0.1) is 48.5 Å². The van der Waals surface area contributed by atoms with Gasteiger partial charge in [-0.05, 0) is 99.5 Å². The molecule has 0 spiro atoms. The summed E-state index contributed by atoms with van der Waals surface area (Å²) in [5, 5.41) is 8.97. The zero-order chi connectivity index (χ0) is 15.7. The molecule has 0 aliphatic carbocycles. The molecule has 0 aromatic heterocycles. The Bertz CT molecular complexity index is 725. The van der Waals surface area contributed by atoms with Crippen molar-refractivity contribution in [1.29, 1.82) is 0 Å². The zero-order valence-corrected chi connectivity index (χ0v) is 14.1. The molecule has 0 saturated heterocycles. The summed E-state index contributed by atoms with van der Waals surface area (Å²) in [4.78, 5) is 0. The van der Waals surface area contributed by atoms with Crippen LogP contribution < -0.4 is 0 Å². The van der Waals surface area contributed by atoms with Crippen molar-refractivity contribution in [1.82, 2.24) is 0 Å². The zero-order valence-electron chi connectivity index (χ0n) is 14.1. The van der Waals surface area contributed by atoms with Crippen LogP contribution >= 0.6 is 0 Å². The van der Waals surface area contributed by atoms with Gasteiger partial charge in [0.15, 0.2) is 0 Å². The average molecular weight is 280 g/mol. The quantitative estimate of drug-likeness (QED) is 0.580. The van der Waals surface area contributed by atoms with E-state index in [1.165, 1.54) is 38.9 Å². The van der Waals surface area contributed by atoms with Gasteiger partial charge in [-0.3, -0.25) is 0 Å². The fourth-order valence-electron chi connectivity index (χ4n) is 2.46. The molecule has 2 heteroatoms. The summed E-state index contributed by atoms with van der Waals surface area (Å²) in [6, 6.07) is 6.40. The smallest absolute Gasteiger partial charge is 0.0891 e. The van der Waals surface area contributed by atoms with E-state index in [1.54, 1.807) is 0 Å². The highest BCUT2D eigenvalue weighted by Crippen LogP contribution is 2.30. The van der Waals surface area contributed by atoms with Gasteiger partial charge in [0, 0.05) is 0 Å².